The Morgan fingerprint density at radius 1 is 1.25 bits per heavy atom. The van der Waals surface area contributed by atoms with Crippen molar-refractivity contribution in [2.75, 3.05) is 19.7 Å². The molecule has 0 aromatic rings. The molecule has 0 saturated heterocycles. The zero-order chi connectivity index (χ0) is 9.40. The average molecular weight is 173 g/mol. The van der Waals surface area contributed by atoms with Crippen LogP contribution in [0, 0.1) is 11.8 Å². The van der Waals surface area contributed by atoms with Gasteiger partial charge < -0.3 is 10.4 Å². The summed E-state index contributed by atoms with van der Waals surface area (Å²) in [5, 5.41) is 12.2. The summed E-state index contributed by atoms with van der Waals surface area (Å²) in [5.74, 6) is 1.13. The van der Waals surface area contributed by atoms with Crippen LogP contribution in [0.2, 0.25) is 0 Å². The molecule has 74 valence electrons. The minimum atomic E-state index is 0.318. The van der Waals surface area contributed by atoms with E-state index in [1.807, 2.05) is 0 Å². The molecule has 12 heavy (non-hydrogen) atoms. The lowest BCUT2D eigenvalue weighted by atomic mass is 9.98. The lowest BCUT2D eigenvalue weighted by Crippen LogP contribution is -2.23. The second kappa shape index (κ2) is 7.56. The molecule has 0 bridgehead atoms. The van der Waals surface area contributed by atoms with E-state index in [4.69, 9.17) is 5.11 Å². The van der Waals surface area contributed by atoms with E-state index in [2.05, 4.69) is 26.1 Å². The van der Waals surface area contributed by atoms with Crippen LogP contribution in [-0.2, 0) is 0 Å². The van der Waals surface area contributed by atoms with Gasteiger partial charge in [0.1, 0.15) is 0 Å². The van der Waals surface area contributed by atoms with Crippen molar-refractivity contribution in [1.29, 1.82) is 0 Å². The van der Waals surface area contributed by atoms with Crippen LogP contribution < -0.4 is 5.32 Å². The molecule has 0 aliphatic carbocycles. The van der Waals surface area contributed by atoms with Crippen molar-refractivity contribution in [3.05, 3.63) is 0 Å². The molecule has 2 nitrogen and oxygen atoms in total. The van der Waals surface area contributed by atoms with Crippen LogP contribution in [0.25, 0.3) is 0 Å². The zero-order valence-corrected chi connectivity index (χ0v) is 8.64. The maximum atomic E-state index is 8.83. The van der Waals surface area contributed by atoms with Gasteiger partial charge in [-0.05, 0) is 37.8 Å². The molecule has 0 saturated carbocycles. The average Bonchev–Trinajstić information content (AvgIpc) is 2.05. The van der Waals surface area contributed by atoms with Crippen molar-refractivity contribution in [2.24, 2.45) is 11.8 Å². The molecular formula is C10H23NO. The first-order valence-corrected chi connectivity index (χ1v) is 5.02. The first kappa shape index (κ1) is 11.9. The summed E-state index contributed by atoms with van der Waals surface area (Å²) in [6.07, 6.45) is 2.31. The van der Waals surface area contributed by atoms with Gasteiger partial charge in [0.15, 0.2) is 0 Å². The molecule has 0 radical (unpaired) electrons. The summed E-state index contributed by atoms with van der Waals surface area (Å²) >= 11 is 0. The Morgan fingerprint density at radius 2 is 1.92 bits per heavy atom. The summed E-state index contributed by atoms with van der Waals surface area (Å²) in [7, 11) is 0. The Labute approximate surface area is 76.4 Å². The number of rotatable bonds is 7. The molecule has 2 atom stereocenters. The van der Waals surface area contributed by atoms with Crippen LogP contribution in [0.15, 0.2) is 0 Å². The highest BCUT2D eigenvalue weighted by atomic mass is 16.3. The Morgan fingerprint density at radius 3 is 2.42 bits per heavy atom. The van der Waals surface area contributed by atoms with Crippen LogP contribution in [-0.4, -0.2) is 24.8 Å². The highest BCUT2D eigenvalue weighted by Gasteiger charge is 2.06. The number of nitrogens with one attached hydrogen (secondary N) is 1. The molecule has 2 heteroatoms. The molecule has 2 unspecified atom stereocenters. The smallest absolute Gasteiger partial charge is 0.0456 e. The maximum Gasteiger partial charge on any atom is 0.0456 e. The van der Waals surface area contributed by atoms with Crippen molar-refractivity contribution in [3.63, 3.8) is 0 Å². The molecule has 0 aliphatic heterocycles. The third-order valence-corrected chi connectivity index (χ3v) is 2.04. The van der Waals surface area contributed by atoms with E-state index in [1.165, 1.54) is 6.42 Å². The van der Waals surface area contributed by atoms with Gasteiger partial charge in [-0.2, -0.15) is 0 Å². The van der Waals surface area contributed by atoms with Crippen LogP contribution in [0.1, 0.15) is 33.6 Å². The molecule has 0 aliphatic rings. The van der Waals surface area contributed by atoms with Crippen LogP contribution in [0.3, 0.4) is 0 Å². The van der Waals surface area contributed by atoms with E-state index in [0.717, 1.165) is 19.5 Å². The largest absolute Gasteiger partial charge is 0.396 e. The lowest BCUT2D eigenvalue weighted by Gasteiger charge is -2.15. The van der Waals surface area contributed by atoms with E-state index in [-0.39, 0.29) is 0 Å². The van der Waals surface area contributed by atoms with Gasteiger partial charge in [-0.1, -0.05) is 20.8 Å². The highest BCUT2D eigenvalue weighted by molar-refractivity contribution is 4.60. The molecule has 0 aromatic heterocycles. The van der Waals surface area contributed by atoms with Crippen LogP contribution >= 0.6 is 0 Å². The molecule has 0 fully saturated rings. The molecule has 0 heterocycles. The van der Waals surface area contributed by atoms with Gasteiger partial charge in [0.2, 0.25) is 0 Å². The van der Waals surface area contributed by atoms with Crippen molar-refractivity contribution >= 4 is 0 Å². The van der Waals surface area contributed by atoms with E-state index in [0.29, 0.717) is 18.4 Å². The standard InChI is InChI=1S/C10H23NO/c1-4-5-11-7-9(2)6-10(3)8-12/h9-12H,4-8H2,1-3H3. The monoisotopic (exact) mass is 173 g/mol. The minimum absolute atomic E-state index is 0.318. The van der Waals surface area contributed by atoms with Gasteiger partial charge >= 0.3 is 0 Å². The molecule has 2 N–H and O–H groups in total. The second-order valence-corrected chi connectivity index (χ2v) is 3.83. The Bertz CT molecular complexity index is 95.8. The topological polar surface area (TPSA) is 32.3 Å². The zero-order valence-electron chi connectivity index (χ0n) is 8.64. The van der Waals surface area contributed by atoms with Gasteiger partial charge in [0.05, 0.1) is 0 Å². The maximum absolute atomic E-state index is 8.83. The van der Waals surface area contributed by atoms with Gasteiger partial charge in [0, 0.05) is 6.61 Å². The van der Waals surface area contributed by atoms with Crippen LogP contribution in [0.4, 0.5) is 0 Å². The van der Waals surface area contributed by atoms with Crippen molar-refractivity contribution in [3.8, 4) is 0 Å². The fraction of sp³-hybridized carbons (Fsp3) is 1.00. The third-order valence-electron chi connectivity index (χ3n) is 2.04. The Hall–Kier alpha value is -0.0800. The molecule has 0 aromatic carbocycles. The Balaban J connectivity index is 3.26. The Kier molecular flexibility index (Phi) is 7.51. The van der Waals surface area contributed by atoms with Crippen molar-refractivity contribution in [1.82, 2.24) is 5.32 Å². The molecule has 0 amide bonds. The first-order chi connectivity index (χ1) is 5.70. The van der Waals surface area contributed by atoms with Gasteiger partial charge in [-0.25, -0.2) is 0 Å². The van der Waals surface area contributed by atoms with E-state index in [9.17, 15) is 0 Å². The molecule has 0 spiro atoms. The minimum Gasteiger partial charge on any atom is -0.396 e. The number of hydrogen-bond donors (Lipinski definition) is 2. The SMILES string of the molecule is CCCNCC(C)CC(C)CO. The van der Waals surface area contributed by atoms with Gasteiger partial charge in [-0.3, -0.25) is 0 Å². The fourth-order valence-electron chi connectivity index (χ4n) is 1.37. The summed E-state index contributed by atoms with van der Waals surface area (Å²) in [5.41, 5.74) is 0. The second-order valence-electron chi connectivity index (χ2n) is 3.83. The first-order valence-electron chi connectivity index (χ1n) is 5.02. The number of hydrogen-bond acceptors (Lipinski definition) is 2. The summed E-state index contributed by atoms with van der Waals surface area (Å²) in [6.45, 7) is 9.01. The van der Waals surface area contributed by atoms with Crippen LogP contribution in [0.5, 0.6) is 0 Å². The van der Waals surface area contributed by atoms with E-state index < -0.39 is 0 Å². The highest BCUT2D eigenvalue weighted by Crippen LogP contribution is 2.09. The lowest BCUT2D eigenvalue weighted by molar-refractivity contribution is 0.214. The normalized spacial score (nSPS) is 16.0. The molecule has 0 rings (SSSR count). The number of aliphatic hydroxyl groups is 1. The van der Waals surface area contributed by atoms with Gasteiger partial charge in [-0.15, -0.1) is 0 Å². The van der Waals surface area contributed by atoms with Crippen molar-refractivity contribution in [2.45, 2.75) is 33.6 Å². The summed E-state index contributed by atoms with van der Waals surface area (Å²) in [4.78, 5) is 0. The van der Waals surface area contributed by atoms with E-state index in [1.54, 1.807) is 0 Å². The summed E-state index contributed by atoms with van der Waals surface area (Å²) < 4.78 is 0. The predicted molar refractivity (Wildman–Crippen MR) is 53.2 cm³/mol. The quantitative estimate of drug-likeness (QED) is 0.574. The van der Waals surface area contributed by atoms with Crippen molar-refractivity contribution < 1.29 is 5.11 Å². The predicted octanol–water partition coefficient (Wildman–Crippen LogP) is 1.64. The summed E-state index contributed by atoms with van der Waals surface area (Å²) in [6, 6.07) is 0. The third kappa shape index (κ3) is 6.62. The fourth-order valence-corrected chi connectivity index (χ4v) is 1.37. The number of aliphatic hydroxyl groups excluding tert-OH is 1. The van der Waals surface area contributed by atoms with Gasteiger partial charge in [0.25, 0.3) is 0 Å². The molecular weight excluding hydrogens is 150 g/mol. The van der Waals surface area contributed by atoms with E-state index >= 15 is 0 Å².